The summed E-state index contributed by atoms with van der Waals surface area (Å²) in [5, 5.41) is 2.76. The molecule has 2 aromatic carbocycles. The van der Waals surface area contributed by atoms with Gasteiger partial charge in [0.15, 0.2) is 5.76 Å². The summed E-state index contributed by atoms with van der Waals surface area (Å²) in [4.78, 5) is 12.4. The molecule has 0 saturated heterocycles. The molecule has 134 valence electrons. The van der Waals surface area contributed by atoms with Crippen LogP contribution >= 0.6 is 15.9 Å². The first-order valence-electron chi connectivity index (χ1n) is 8.18. The van der Waals surface area contributed by atoms with Crippen molar-refractivity contribution in [3.63, 3.8) is 0 Å². The maximum atomic E-state index is 12.4. The Bertz CT molecular complexity index is 950. The van der Waals surface area contributed by atoms with E-state index in [4.69, 9.17) is 14.9 Å². The van der Waals surface area contributed by atoms with Gasteiger partial charge in [0, 0.05) is 16.1 Å². The molecule has 3 N–H and O–H groups in total. The molecule has 5 nitrogen and oxygen atoms in total. The molecule has 26 heavy (non-hydrogen) atoms. The van der Waals surface area contributed by atoms with Crippen molar-refractivity contribution in [2.24, 2.45) is 0 Å². The van der Waals surface area contributed by atoms with Crippen LogP contribution in [0.1, 0.15) is 23.0 Å². The third-order valence-corrected chi connectivity index (χ3v) is 4.74. The molecular weight excluding hydrogens is 396 g/mol. The monoisotopic (exact) mass is 414 g/mol. The summed E-state index contributed by atoms with van der Waals surface area (Å²) in [5.41, 5.74) is 8.91. The van der Waals surface area contributed by atoms with E-state index in [9.17, 15) is 4.79 Å². The first-order valence-corrected chi connectivity index (χ1v) is 8.97. The first-order chi connectivity index (χ1) is 12.5. The minimum Gasteiger partial charge on any atom is -0.494 e. The summed E-state index contributed by atoms with van der Waals surface area (Å²) >= 11 is 3.47. The van der Waals surface area contributed by atoms with Crippen molar-refractivity contribution in [1.29, 1.82) is 0 Å². The summed E-state index contributed by atoms with van der Waals surface area (Å²) in [5.74, 6) is 1.15. The van der Waals surface area contributed by atoms with Gasteiger partial charge in [0.1, 0.15) is 11.5 Å². The van der Waals surface area contributed by atoms with Gasteiger partial charge >= 0.3 is 0 Å². The van der Waals surface area contributed by atoms with Crippen molar-refractivity contribution in [3.05, 3.63) is 64.3 Å². The number of benzene rings is 2. The highest BCUT2D eigenvalue weighted by Crippen LogP contribution is 2.28. The van der Waals surface area contributed by atoms with Crippen LogP contribution in [0.5, 0.6) is 5.75 Å². The molecule has 0 radical (unpaired) electrons. The number of amides is 1. The Morgan fingerprint density at radius 1 is 1.19 bits per heavy atom. The topological polar surface area (TPSA) is 77.5 Å². The van der Waals surface area contributed by atoms with Crippen LogP contribution in [0.3, 0.4) is 0 Å². The van der Waals surface area contributed by atoms with E-state index in [1.165, 1.54) is 0 Å². The van der Waals surface area contributed by atoms with Gasteiger partial charge in [0.25, 0.3) is 5.91 Å². The Morgan fingerprint density at radius 2 is 2.00 bits per heavy atom. The molecule has 3 rings (SSSR count). The number of anilines is 2. The highest BCUT2D eigenvalue weighted by atomic mass is 79.9. The number of rotatable bonds is 5. The number of hydrogen-bond acceptors (Lipinski definition) is 4. The number of nitrogen functional groups attached to an aromatic ring is 1. The zero-order chi connectivity index (χ0) is 18.7. The molecule has 0 fully saturated rings. The summed E-state index contributed by atoms with van der Waals surface area (Å²) in [6, 6.07) is 14.4. The molecule has 0 atom stereocenters. The molecule has 0 aliphatic heterocycles. The van der Waals surface area contributed by atoms with E-state index >= 15 is 0 Å². The Kier molecular flexibility index (Phi) is 5.32. The zero-order valence-electron chi connectivity index (χ0n) is 14.5. The molecule has 0 spiro atoms. The van der Waals surface area contributed by atoms with E-state index in [2.05, 4.69) is 21.2 Å². The molecule has 6 heteroatoms. The average molecular weight is 415 g/mol. The fourth-order valence-electron chi connectivity index (χ4n) is 2.51. The summed E-state index contributed by atoms with van der Waals surface area (Å²) in [6.07, 6.45) is 0. The Morgan fingerprint density at radius 3 is 2.69 bits per heavy atom. The number of nitrogens with one attached hydrogen (secondary N) is 1. The van der Waals surface area contributed by atoms with Crippen molar-refractivity contribution in [3.8, 4) is 17.1 Å². The number of carbonyl (C=O) groups is 1. The molecule has 0 saturated carbocycles. The summed E-state index contributed by atoms with van der Waals surface area (Å²) < 4.78 is 12.1. The average Bonchev–Trinajstić information content (AvgIpc) is 3.10. The molecule has 1 aromatic heterocycles. The van der Waals surface area contributed by atoms with Crippen molar-refractivity contribution in [2.75, 3.05) is 17.7 Å². The van der Waals surface area contributed by atoms with Gasteiger partial charge in [-0.3, -0.25) is 4.79 Å². The molecule has 3 aromatic rings. The minimum atomic E-state index is -0.360. The number of aryl methyl sites for hydroxylation is 1. The quantitative estimate of drug-likeness (QED) is 0.558. The van der Waals surface area contributed by atoms with Gasteiger partial charge in [-0.1, -0.05) is 22.0 Å². The number of ether oxygens (including phenoxy) is 1. The van der Waals surface area contributed by atoms with Crippen molar-refractivity contribution >= 4 is 33.2 Å². The van der Waals surface area contributed by atoms with Gasteiger partial charge < -0.3 is 20.2 Å². The Balaban J connectivity index is 1.77. The molecule has 0 bridgehead atoms. The molecule has 0 unspecified atom stereocenters. The van der Waals surface area contributed by atoms with Crippen LogP contribution in [0.25, 0.3) is 11.3 Å². The number of carbonyl (C=O) groups excluding carboxylic acids is 1. The van der Waals surface area contributed by atoms with Crippen molar-refractivity contribution in [2.45, 2.75) is 13.8 Å². The van der Waals surface area contributed by atoms with Crippen LogP contribution in [-0.4, -0.2) is 12.5 Å². The van der Waals surface area contributed by atoms with Crippen LogP contribution in [0.15, 0.2) is 57.4 Å². The van der Waals surface area contributed by atoms with E-state index in [-0.39, 0.29) is 11.7 Å². The third kappa shape index (κ3) is 3.91. The normalized spacial score (nSPS) is 10.6. The summed E-state index contributed by atoms with van der Waals surface area (Å²) in [6.45, 7) is 4.45. The Labute approximate surface area is 160 Å². The van der Waals surface area contributed by atoms with Gasteiger partial charge in [-0.15, -0.1) is 0 Å². The fourth-order valence-corrected chi connectivity index (χ4v) is 2.75. The lowest BCUT2D eigenvalue weighted by atomic mass is 10.1. The number of furan rings is 1. The van der Waals surface area contributed by atoms with E-state index < -0.39 is 0 Å². The maximum Gasteiger partial charge on any atom is 0.291 e. The van der Waals surface area contributed by atoms with Crippen LogP contribution in [-0.2, 0) is 0 Å². The fraction of sp³-hybridized carbons (Fsp3) is 0.150. The summed E-state index contributed by atoms with van der Waals surface area (Å²) in [7, 11) is 0. The van der Waals surface area contributed by atoms with Crippen LogP contribution < -0.4 is 15.8 Å². The largest absolute Gasteiger partial charge is 0.494 e. The SMILES string of the molecule is CCOc1ccc(NC(=O)c2ccc(-c3ccc(Br)c(C)c3)o2)c(N)c1. The molecule has 1 amide bonds. The second-order valence-electron chi connectivity index (χ2n) is 5.76. The van der Waals surface area contributed by atoms with E-state index in [0.29, 0.717) is 29.5 Å². The number of nitrogens with two attached hydrogens (primary N) is 1. The van der Waals surface area contributed by atoms with Crippen LogP contribution in [0.4, 0.5) is 11.4 Å². The lowest BCUT2D eigenvalue weighted by Gasteiger charge is -2.09. The zero-order valence-corrected chi connectivity index (χ0v) is 16.1. The van der Waals surface area contributed by atoms with Gasteiger partial charge in [-0.05, 0) is 55.8 Å². The molecule has 0 aliphatic carbocycles. The van der Waals surface area contributed by atoms with E-state index in [1.807, 2.05) is 32.0 Å². The van der Waals surface area contributed by atoms with E-state index in [0.717, 1.165) is 15.6 Å². The molecular formula is C20H19BrN2O3. The van der Waals surface area contributed by atoms with Gasteiger partial charge in [0.05, 0.1) is 18.0 Å². The van der Waals surface area contributed by atoms with Crippen molar-refractivity contribution in [1.82, 2.24) is 0 Å². The first kappa shape index (κ1) is 18.1. The van der Waals surface area contributed by atoms with Crippen LogP contribution in [0, 0.1) is 6.92 Å². The molecule has 0 aliphatic rings. The highest BCUT2D eigenvalue weighted by Gasteiger charge is 2.14. The predicted molar refractivity (Wildman–Crippen MR) is 107 cm³/mol. The molecule has 1 heterocycles. The van der Waals surface area contributed by atoms with Gasteiger partial charge in [0.2, 0.25) is 0 Å². The lowest BCUT2D eigenvalue weighted by Crippen LogP contribution is -2.12. The maximum absolute atomic E-state index is 12.4. The standard InChI is InChI=1S/C20H19BrN2O3/c1-3-25-14-5-7-17(16(22)11-14)23-20(24)19-9-8-18(26-19)13-4-6-15(21)12(2)10-13/h4-11H,3,22H2,1-2H3,(H,23,24). The second-order valence-corrected chi connectivity index (χ2v) is 6.62. The third-order valence-electron chi connectivity index (χ3n) is 3.85. The highest BCUT2D eigenvalue weighted by molar-refractivity contribution is 9.10. The number of hydrogen-bond donors (Lipinski definition) is 2. The lowest BCUT2D eigenvalue weighted by molar-refractivity contribution is 0.0997. The number of halogens is 1. The van der Waals surface area contributed by atoms with Crippen LogP contribution in [0.2, 0.25) is 0 Å². The minimum absolute atomic E-state index is 0.217. The Hall–Kier alpha value is -2.73. The second kappa shape index (κ2) is 7.66. The van der Waals surface area contributed by atoms with Gasteiger partial charge in [-0.25, -0.2) is 0 Å². The predicted octanol–water partition coefficient (Wildman–Crippen LogP) is 5.25. The van der Waals surface area contributed by atoms with Gasteiger partial charge in [-0.2, -0.15) is 0 Å². The van der Waals surface area contributed by atoms with Crippen molar-refractivity contribution < 1.29 is 13.9 Å². The smallest absolute Gasteiger partial charge is 0.291 e. The van der Waals surface area contributed by atoms with E-state index in [1.54, 1.807) is 30.3 Å².